The SMILES string of the molecule is Cc1cc(C)c(-n2ccn(-c3c(C)cc(C)cc3C)[c]2=[Ru]=[C]2C=C(c3ccccc3)c3ccccc32)c(C)c1. The molecule has 0 atom stereocenters. The van der Waals surface area contributed by atoms with Crippen molar-refractivity contribution in [1.82, 2.24) is 9.13 Å². The number of nitrogens with zero attached hydrogens (tertiary/aromatic N) is 2. The molecule has 3 heteroatoms. The van der Waals surface area contributed by atoms with Crippen molar-refractivity contribution >= 4 is 9.68 Å². The average molecular weight is 596 g/mol. The average Bonchev–Trinajstić information content (AvgIpc) is 3.46. The first-order valence-corrected chi connectivity index (χ1v) is 15.2. The van der Waals surface area contributed by atoms with Crippen molar-refractivity contribution in [2.24, 2.45) is 0 Å². The first kappa shape index (κ1) is 25.6. The molecule has 0 unspecified atom stereocenters. The second-order valence-corrected chi connectivity index (χ2v) is 12.8. The molecular formula is C36H34N2Ru. The number of hydrogen-bond donors (Lipinski definition) is 0. The number of aryl methyl sites for hydroxylation is 6. The third-order valence-electron chi connectivity index (χ3n) is 7.50. The van der Waals surface area contributed by atoms with E-state index in [0.717, 1.165) is 0 Å². The first-order chi connectivity index (χ1) is 18.8. The summed E-state index contributed by atoms with van der Waals surface area (Å²) in [6, 6.07) is 28.9. The van der Waals surface area contributed by atoms with Crippen molar-refractivity contribution in [1.29, 1.82) is 0 Å². The van der Waals surface area contributed by atoms with Crippen molar-refractivity contribution in [3.63, 3.8) is 0 Å². The number of allylic oxidation sites excluding steroid dienone is 1. The van der Waals surface area contributed by atoms with Crippen LogP contribution in [0.1, 0.15) is 50.1 Å². The van der Waals surface area contributed by atoms with Crippen molar-refractivity contribution in [3.8, 4) is 11.4 Å². The van der Waals surface area contributed by atoms with Crippen LogP contribution in [0.25, 0.3) is 16.9 Å². The van der Waals surface area contributed by atoms with E-state index in [2.05, 4.69) is 148 Å². The molecule has 0 saturated carbocycles. The Morgan fingerprint density at radius 1 is 0.538 bits per heavy atom. The van der Waals surface area contributed by atoms with Gasteiger partial charge >= 0.3 is 239 Å². The second-order valence-electron chi connectivity index (χ2n) is 10.7. The van der Waals surface area contributed by atoms with E-state index in [1.54, 1.807) is 0 Å². The van der Waals surface area contributed by atoms with Gasteiger partial charge in [0.1, 0.15) is 0 Å². The molecule has 0 radical (unpaired) electrons. The third kappa shape index (κ3) is 4.60. The van der Waals surface area contributed by atoms with Crippen LogP contribution in [0.5, 0.6) is 0 Å². The Kier molecular flexibility index (Phi) is 6.65. The van der Waals surface area contributed by atoms with Crippen LogP contribution in [0, 0.1) is 45.6 Å². The number of rotatable bonds is 3. The van der Waals surface area contributed by atoms with Crippen molar-refractivity contribution in [2.45, 2.75) is 41.5 Å². The van der Waals surface area contributed by atoms with Crippen LogP contribution in [0.15, 0.2) is 97.3 Å². The zero-order valence-electron chi connectivity index (χ0n) is 23.5. The summed E-state index contributed by atoms with van der Waals surface area (Å²) >= 11 is -0.295. The Morgan fingerprint density at radius 3 is 1.51 bits per heavy atom. The molecule has 0 amide bonds. The van der Waals surface area contributed by atoms with Gasteiger partial charge in [-0.1, -0.05) is 0 Å². The van der Waals surface area contributed by atoms with E-state index in [1.165, 1.54) is 75.1 Å². The predicted octanol–water partition coefficient (Wildman–Crippen LogP) is 8.40. The summed E-state index contributed by atoms with van der Waals surface area (Å²) in [5.74, 6) is 0. The van der Waals surface area contributed by atoms with Gasteiger partial charge in [-0.05, 0) is 0 Å². The molecule has 0 saturated heterocycles. The van der Waals surface area contributed by atoms with E-state index in [9.17, 15) is 0 Å². The molecule has 1 aliphatic rings. The molecule has 1 heterocycles. The van der Waals surface area contributed by atoms with E-state index in [1.807, 2.05) is 0 Å². The molecule has 39 heavy (non-hydrogen) atoms. The van der Waals surface area contributed by atoms with Gasteiger partial charge < -0.3 is 0 Å². The van der Waals surface area contributed by atoms with Gasteiger partial charge in [-0.2, -0.15) is 0 Å². The normalized spacial score (nSPS) is 12.6. The Labute approximate surface area is 238 Å². The van der Waals surface area contributed by atoms with Crippen LogP contribution in [-0.4, -0.2) is 13.2 Å². The maximum atomic E-state index is 2.46. The quantitative estimate of drug-likeness (QED) is 0.185. The van der Waals surface area contributed by atoms with Gasteiger partial charge in [0, 0.05) is 0 Å². The molecule has 6 rings (SSSR count). The molecule has 0 fully saturated rings. The fraction of sp³-hybridized carbons (Fsp3) is 0.167. The second kappa shape index (κ2) is 10.1. The van der Waals surface area contributed by atoms with Crippen LogP contribution in [-0.2, 0) is 16.2 Å². The standard InChI is InChI=1S/C21H24N2.C15H10.Ru/c1-14-9-16(3)20(17(4)10-14)22-7-8-23(13-22)21-18(5)11-15(2)12-19(21)6;1-2-6-12(7-3-1)15-11-10-13-8-4-5-9-14(13)15;/h7-12H,1-6H3;1-9,11H;. The molecule has 0 spiro atoms. The van der Waals surface area contributed by atoms with Gasteiger partial charge in [0.15, 0.2) is 0 Å². The van der Waals surface area contributed by atoms with Crippen molar-refractivity contribution < 1.29 is 16.2 Å². The topological polar surface area (TPSA) is 9.86 Å². The van der Waals surface area contributed by atoms with Crippen LogP contribution < -0.4 is 0 Å². The zero-order valence-corrected chi connectivity index (χ0v) is 25.2. The summed E-state index contributed by atoms with van der Waals surface area (Å²) in [4.78, 5) is 0. The fourth-order valence-corrected chi connectivity index (χ4v) is 8.58. The summed E-state index contributed by atoms with van der Waals surface area (Å²) in [6.45, 7) is 13.3. The van der Waals surface area contributed by atoms with Crippen molar-refractivity contribution in [2.75, 3.05) is 0 Å². The van der Waals surface area contributed by atoms with Crippen LogP contribution in [0.3, 0.4) is 0 Å². The predicted molar refractivity (Wildman–Crippen MR) is 161 cm³/mol. The Bertz CT molecular complexity index is 1770. The van der Waals surface area contributed by atoms with E-state index < -0.39 is 0 Å². The van der Waals surface area contributed by atoms with Gasteiger partial charge in [0.25, 0.3) is 0 Å². The Balaban J connectivity index is 1.75. The van der Waals surface area contributed by atoms with Gasteiger partial charge in [-0.15, -0.1) is 0 Å². The number of imidazole rings is 1. The number of aromatic nitrogens is 2. The zero-order chi connectivity index (χ0) is 27.3. The molecule has 1 aromatic heterocycles. The molecule has 2 nitrogen and oxygen atoms in total. The van der Waals surface area contributed by atoms with Crippen molar-refractivity contribution in [3.05, 3.63) is 151 Å². The Hall–Kier alpha value is -3.68. The van der Waals surface area contributed by atoms with E-state index in [4.69, 9.17) is 0 Å². The minimum atomic E-state index is -0.295. The Morgan fingerprint density at radius 2 is 1.00 bits per heavy atom. The van der Waals surface area contributed by atoms with Crippen LogP contribution >= 0.6 is 0 Å². The van der Waals surface area contributed by atoms with E-state index >= 15 is 0 Å². The number of benzene rings is 4. The minimum absolute atomic E-state index is 0.295. The summed E-state index contributed by atoms with van der Waals surface area (Å²) < 4.78 is 7.72. The van der Waals surface area contributed by atoms with Gasteiger partial charge in [-0.25, -0.2) is 0 Å². The van der Waals surface area contributed by atoms with Crippen LogP contribution in [0.4, 0.5) is 0 Å². The first-order valence-electron chi connectivity index (χ1n) is 13.5. The molecule has 196 valence electrons. The van der Waals surface area contributed by atoms with Gasteiger partial charge in [-0.3, -0.25) is 0 Å². The molecular weight excluding hydrogens is 561 g/mol. The summed E-state index contributed by atoms with van der Waals surface area (Å²) in [6.07, 6.45) is 7.00. The van der Waals surface area contributed by atoms with Gasteiger partial charge in [0.05, 0.1) is 0 Å². The monoisotopic (exact) mass is 596 g/mol. The molecule has 0 bridgehead atoms. The van der Waals surface area contributed by atoms with E-state index in [-0.39, 0.29) is 16.2 Å². The number of hydrogen-bond acceptors (Lipinski definition) is 0. The fourth-order valence-electron chi connectivity index (χ4n) is 6.10. The third-order valence-corrected chi connectivity index (χ3v) is 9.91. The maximum absolute atomic E-state index is 2.46. The summed E-state index contributed by atoms with van der Waals surface area (Å²) in [5.41, 5.74) is 15.8. The molecule has 0 N–H and O–H groups in total. The van der Waals surface area contributed by atoms with Crippen LogP contribution in [0.2, 0.25) is 0 Å². The summed E-state index contributed by atoms with van der Waals surface area (Å²) in [7, 11) is 0. The summed E-state index contributed by atoms with van der Waals surface area (Å²) in [5, 5.41) is 0. The van der Waals surface area contributed by atoms with Gasteiger partial charge in [0.2, 0.25) is 0 Å². The molecule has 5 aromatic rings. The molecule has 0 aliphatic heterocycles. The van der Waals surface area contributed by atoms with E-state index in [0.29, 0.717) is 0 Å². The molecule has 1 aliphatic carbocycles. The number of fused-ring (bicyclic) bond motifs is 1. The molecule has 4 aromatic carbocycles.